The topological polar surface area (TPSA) is 85.6 Å². The summed E-state index contributed by atoms with van der Waals surface area (Å²) in [6.45, 7) is 2.24. The summed E-state index contributed by atoms with van der Waals surface area (Å²) in [4.78, 5) is 29.2. The van der Waals surface area contributed by atoms with Crippen LogP contribution in [0.15, 0.2) is 35.3 Å². The summed E-state index contributed by atoms with van der Waals surface area (Å²) in [6.07, 6.45) is 1.35. The SMILES string of the molecule is COCc1nn2c(=O)c(NC(=O)c3ccc(C)cc3)cnc2s1. The molecule has 1 N–H and O–H groups in total. The molecule has 7 nitrogen and oxygen atoms in total. The minimum Gasteiger partial charge on any atom is -0.377 e. The zero-order valence-corrected chi connectivity index (χ0v) is 13.4. The first-order valence-corrected chi connectivity index (χ1v) is 7.65. The molecule has 3 aromatic rings. The highest BCUT2D eigenvalue weighted by molar-refractivity contribution is 7.16. The summed E-state index contributed by atoms with van der Waals surface area (Å²) in [5.74, 6) is -0.365. The highest BCUT2D eigenvalue weighted by Crippen LogP contribution is 2.13. The van der Waals surface area contributed by atoms with Crippen molar-refractivity contribution < 1.29 is 9.53 Å². The number of aryl methyl sites for hydroxylation is 1. The van der Waals surface area contributed by atoms with Gasteiger partial charge < -0.3 is 10.1 Å². The zero-order chi connectivity index (χ0) is 16.4. The Labute approximate surface area is 135 Å². The zero-order valence-electron chi connectivity index (χ0n) is 12.6. The number of hydrogen-bond acceptors (Lipinski definition) is 6. The van der Waals surface area contributed by atoms with Gasteiger partial charge in [-0.25, -0.2) is 4.98 Å². The molecule has 0 spiro atoms. The van der Waals surface area contributed by atoms with E-state index < -0.39 is 5.56 Å². The van der Waals surface area contributed by atoms with Gasteiger partial charge in [-0.15, -0.1) is 0 Å². The highest BCUT2D eigenvalue weighted by Gasteiger charge is 2.13. The largest absolute Gasteiger partial charge is 0.377 e. The molecule has 0 aliphatic carbocycles. The molecule has 1 aromatic carbocycles. The number of carbonyl (C=O) groups is 1. The smallest absolute Gasteiger partial charge is 0.298 e. The van der Waals surface area contributed by atoms with Gasteiger partial charge in [-0.3, -0.25) is 9.59 Å². The van der Waals surface area contributed by atoms with Crippen LogP contribution in [0.3, 0.4) is 0 Å². The molecule has 118 valence electrons. The minimum atomic E-state index is -0.422. The van der Waals surface area contributed by atoms with Crippen molar-refractivity contribution in [3.05, 3.63) is 57.0 Å². The number of amides is 1. The maximum Gasteiger partial charge on any atom is 0.298 e. The van der Waals surface area contributed by atoms with E-state index in [2.05, 4.69) is 15.4 Å². The summed E-state index contributed by atoms with van der Waals surface area (Å²) in [6, 6.07) is 7.07. The first-order valence-electron chi connectivity index (χ1n) is 6.83. The molecule has 1 amide bonds. The molecule has 0 fully saturated rings. The number of carbonyl (C=O) groups excluding carboxylic acids is 1. The molecule has 0 aliphatic rings. The van der Waals surface area contributed by atoms with Crippen LogP contribution in [0, 0.1) is 6.92 Å². The van der Waals surface area contributed by atoms with Crippen LogP contribution < -0.4 is 10.9 Å². The molecule has 0 unspecified atom stereocenters. The lowest BCUT2D eigenvalue weighted by atomic mass is 10.1. The predicted molar refractivity (Wildman–Crippen MR) is 87.0 cm³/mol. The Balaban J connectivity index is 1.90. The number of nitrogens with one attached hydrogen (secondary N) is 1. The molecular formula is C15H14N4O3S. The van der Waals surface area contributed by atoms with Gasteiger partial charge >= 0.3 is 0 Å². The Hall–Kier alpha value is -2.58. The maximum atomic E-state index is 12.4. The Morgan fingerprint density at radius 3 is 2.78 bits per heavy atom. The Morgan fingerprint density at radius 1 is 1.35 bits per heavy atom. The number of hydrogen-bond donors (Lipinski definition) is 1. The van der Waals surface area contributed by atoms with E-state index in [1.807, 2.05) is 19.1 Å². The highest BCUT2D eigenvalue weighted by atomic mass is 32.1. The van der Waals surface area contributed by atoms with Gasteiger partial charge in [0.1, 0.15) is 10.7 Å². The fourth-order valence-electron chi connectivity index (χ4n) is 1.99. The van der Waals surface area contributed by atoms with Crippen LogP contribution in [0.5, 0.6) is 0 Å². The van der Waals surface area contributed by atoms with E-state index in [0.29, 0.717) is 22.1 Å². The molecule has 0 aliphatic heterocycles. The number of rotatable bonds is 4. The molecular weight excluding hydrogens is 316 g/mol. The number of ether oxygens (including phenoxy) is 1. The van der Waals surface area contributed by atoms with Crippen LogP contribution in [0.1, 0.15) is 20.9 Å². The van der Waals surface area contributed by atoms with Crippen LogP contribution >= 0.6 is 11.3 Å². The number of benzene rings is 1. The summed E-state index contributed by atoms with van der Waals surface area (Å²) in [5, 5.41) is 7.35. The fraction of sp³-hybridized carbons (Fsp3) is 0.200. The third-order valence-electron chi connectivity index (χ3n) is 3.16. The second-order valence-corrected chi connectivity index (χ2v) is 5.96. The lowest BCUT2D eigenvalue weighted by molar-refractivity contribution is 0.102. The van der Waals surface area contributed by atoms with E-state index >= 15 is 0 Å². The van der Waals surface area contributed by atoms with E-state index in [1.165, 1.54) is 22.0 Å². The van der Waals surface area contributed by atoms with Gasteiger partial charge in [-0.1, -0.05) is 29.0 Å². The standard InChI is InChI=1S/C15H14N4O3S/c1-9-3-5-10(6-4-9)13(20)17-11-7-16-15-19(14(11)21)18-12(23-15)8-22-2/h3-7H,8H2,1-2H3,(H,17,20). The van der Waals surface area contributed by atoms with Crippen molar-refractivity contribution in [3.8, 4) is 0 Å². The van der Waals surface area contributed by atoms with Crippen molar-refractivity contribution in [3.63, 3.8) is 0 Å². The fourth-order valence-corrected chi connectivity index (χ4v) is 2.82. The van der Waals surface area contributed by atoms with Crippen molar-refractivity contribution in [2.24, 2.45) is 0 Å². The van der Waals surface area contributed by atoms with Gasteiger partial charge in [-0.05, 0) is 19.1 Å². The van der Waals surface area contributed by atoms with Gasteiger partial charge in [0.25, 0.3) is 11.5 Å². The van der Waals surface area contributed by atoms with E-state index in [4.69, 9.17) is 4.74 Å². The first kappa shape index (κ1) is 15.3. The second kappa shape index (κ2) is 6.27. The average Bonchev–Trinajstić information content (AvgIpc) is 2.95. The second-order valence-electron chi connectivity index (χ2n) is 4.92. The Bertz CT molecular complexity index is 915. The van der Waals surface area contributed by atoms with Crippen molar-refractivity contribution in [2.45, 2.75) is 13.5 Å². The molecule has 8 heteroatoms. The normalized spacial score (nSPS) is 10.9. The summed E-state index contributed by atoms with van der Waals surface area (Å²) < 4.78 is 6.16. The molecule has 2 aromatic heterocycles. The molecule has 0 saturated heterocycles. The molecule has 3 rings (SSSR count). The van der Waals surface area contributed by atoms with E-state index in [9.17, 15) is 9.59 Å². The van der Waals surface area contributed by atoms with Crippen molar-refractivity contribution in [2.75, 3.05) is 12.4 Å². The van der Waals surface area contributed by atoms with Gasteiger partial charge in [-0.2, -0.15) is 9.61 Å². The van der Waals surface area contributed by atoms with Crippen LogP contribution in [-0.2, 0) is 11.3 Å². The summed E-state index contributed by atoms with van der Waals surface area (Å²) >= 11 is 1.26. The number of aromatic nitrogens is 3. The molecule has 2 heterocycles. The average molecular weight is 330 g/mol. The van der Waals surface area contributed by atoms with Crippen molar-refractivity contribution in [1.82, 2.24) is 14.6 Å². The van der Waals surface area contributed by atoms with Crippen LogP contribution in [-0.4, -0.2) is 27.6 Å². The maximum absolute atomic E-state index is 12.4. The summed E-state index contributed by atoms with van der Waals surface area (Å²) in [7, 11) is 1.55. The molecule has 0 radical (unpaired) electrons. The third kappa shape index (κ3) is 3.13. The molecule has 23 heavy (non-hydrogen) atoms. The van der Waals surface area contributed by atoms with Gasteiger partial charge in [0.15, 0.2) is 0 Å². The quantitative estimate of drug-likeness (QED) is 0.789. The lowest BCUT2D eigenvalue weighted by Gasteiger charge is -2.04. The van der Waals surface area contributed by atoms with Gasteiger partial charge in [0.05, 0.1) is 12.8 Å². The van der Waals surface area contributed by atoms with Gasteiger partial charge in [0, 0.05) is 12.7 Å². The van der Waals surface area contributed by atoms with Crippen LogP contribution in [0.25, 0.3) is 4.96 Å². The lowest BCUT2D eigenvalue weighted by Crippen LogP contribution is -2.23. The van der Waals surface area contributed by atoms with E-state index in [1.54, 1.807) is 19.2 Å². The van der Waals surface area contributed by atoms with Gasteiger partial charge in [0.2, 0.25) is 4.96 Å². The third-order valence-corrected chi connectivity index (χ3v) is 4.05. The van der Waals surface area contributed by atoms with Crippen molar-refractivity contribution in [1.29, 1.82) is 0 Å². The Kier molecular flexibility index (Phi) is 4.18. The molecule has 0 bridgehead atoms. The number of fused-ring (bicyclic) bond motifs is 1. The van der Waals surface area contributed by atoms with Crippen LogP contribution in [0.4, 0.5) is 5.69 Å². The number of nitrogens with zero attached hydrogens (tertiary/aromatic N) is 3. The van der Waals surface area contributed by atoms with E-state index in [0.717, 1.165) is 5.56 Å². The molecule has 0 saturated carbocycles. The number of methoxy groups -OCH3 is 1. The monoisotopic (exact) mass is 330 g/mol. The number of anilines is 1. The Morgan fingerprint density at radius 2 is 2.09 bits per heavy atom. The van der Waals surface area contributed by atoms with E-state index in [-0.39, 0.29) is 11.6 Å². The first-order chi connectivity index (χ1) is 11.1. The predicted octanol–water partition coefficient (Wildman–Crippen LogP) is 1.86. The van der Waals surface area contributed by atoms with Crippen molar-refractivity contribution >= 4 is 27.9 Å². The summed E-state index contributed by atoms with van der Waals surface area (Å²) in [5.41, 5.74) is 1.19. The minimum absolute atomic E-state index is 0.0855. The molecule has 0 atom stereocenters. The van der Waals surface area contributed by atoms with Crippen LogP contribution in [0.2, 0.25) is 0 Å².